The number of rotatable bonds is 9. The quantitative estimate of drug-likeness (QED) is 0.456. The average Bonchev–Trinajstić information content (AvgIpc) is 2.41. The van der Waals surface area contributed by atoms with E-state index in [1.165, 1.54) is 6.08 Å². The first-order chi connectivity index (χ1) is 11.2. The van der Waals surface area contributed by atoms with Crippen LogP contribution in [0.3, 0.4) is 0 Å². The van der Waals surface area contributed by atoms with Gasteiger partial charge in [0.2, 0.25) is 0 Å². The highest BCUT2D eigenvalue weighted by Crippen LogP contribution is 2.33. The van der Waals surface area contributed by atoms with Crippen molar-refractivity contribution in [2.75, 3.05) is 20.6 Å². The van der Waals surface area contributed by atoms with Crippen molar-refractivity contribution >= 4 is 11.8 Å². The van der Waals surface area contributed by atoms with Gasteiger partial charge in [0.05, 0.1) is 0 Å². The minimum absolute atomic E-state index is 0.110. The zero-order valence-corrected chi connectivity index (χ0v) is 17.6. The van der Waals surface area contributed by atoms with Gasteiger partial charge < -0.3 is 9.64 Å². The lowest BCUT2D eigenvalue weighted by molar-refractivity contribution is -0.160. The van der Waals surface area contributed by atoms with E-state index in [2.05, 4.69) is 0 Å². The monoisotopic (exact) mass is 351 g/mol. The highest BCUT2D eigenvalue weighted by molar-refractivity contribution is 5.94. The Bertz CT molecular complexity index is 506. The van der Waals surface area contributed by atoms with Crippen LogP contribution in [-0.2, 0) is 14.3 Å². The minimum Gasteiger partial charge on any atom is -0.456 e. The summed E-state index contributed by atoms with van der Waals surface area (Å²) in [5.74, 6) is -0.228. The number of allylic oxidation sites excluding steroid dienone is 2. The molecular formula is C21H37NO3. The first-order valence-electron chi connectivity index (χ1n) is 8.94. The maximum Gasteiger partial charge on any atom is 0.330 e. The Labute approximate surface area is 154 Å². The number of hydrogen-bond donors (Lipinski definition) is 0. The average molecular weight is 352 g/mol. The standard InChI is InChI=1S/C21H37NO3/c1-19(2,3)21(6,7)25-18(24)14-10-11-15-20(4,5)17(23)13-12-16-22(8)9/h10,12-14H,11,15-16H2,1-9H3/b13-12+,14-10+. The van der Waals surface area contributed by atoms with Crippen LogP contribution in [0.25, 0.3) is 0 Å². The Morgan fingerprint density at radius 2 is 1.48 bits per heavy atom. The molecule has 0 aliphatic heterocycles. The van der Waals surface area contributed by atoms with E-state index in [0.717, 1.165) is 6.54 Å². The molecule has 0 aromatic rings. The van der Waals surface area contributed by atoms with E-state index >= 15 is 0 Å². The van der Waals surface area contributed by atoms with E-state index in [9.17, 15) is 9.59 Å². The predicted octanol–water partition coefficient (Wildman–Crippen LogP) is 4.40. The highest BCUT2D eigenvalue weighted by atomic mass is 16.6. The molecule has 0 saturated carbocycles. The van der Waals surface area contributed by atoms with E-state index in [1.807, 2.05) is 73.5 Å². The fraction of sp³-hybridized carbons (Fsp3) is 0.714. The van der Waals surface area contributed by atoms with Crippen molar-refractivity contribution in [3.05, 3.63) is 24.3 Å². The van der Waals surface area contributed by atoms with Crippen LogP contribution < -0.4 is 0 Å². The molecule has 0 rings (SSSR count). The summed E-state index contributed by atoms with van der Waals surface area (Å²) in [5, 5.41) is 0. The predicted molar refractivity (Wildman–Crippen MR) is 104 cm³/mol. The van der Waals surface area contributed by atoms with Gasteiger partial charge in [0, 0.05) is 23.5 Å². The second-order valence-electron chi connectivity index (χ2n) is 9.04. The maximum atomic E-state index is 12.3. The third-order valence-electron chi connectivity index (χ3n) is 4.76. The molecule has 0 aromatic carbocycles. The van der Waals surface area contributed by atoms with E-state index < -0.39 is 11.0 Å². The van der Waals surface area contributed by atoms with Crippen molar-refractivity contribution in [1.82, 2.24) is 4.90 Å². The molecule has 0 atom stereocenters. The number of nitrogens with zero attached hydrogens (tertiary/aromatic N) is 1. The fourth-order valence-electron chi connectivity index (χ4n) is 1.78. The van der Waals surface area contributed by atoms with Gasteiger partial charge in [0.1, 0.15) is 5.60 Å². The Morgan fingerprint density at radius 3 is 1.96 bits per heavy atom. The summed E-state index contributed by atoms with van der Waals surface area (Å²) < 4.78 is 5.55. The Morgan fingerprint density at radius 1 is 0.920 bits per heavy atom. The van der Waals surface area contributed by atoms with Crippen molar-refractivity contribution < 1.29 is 14.3 Å². The fourth-order valence-corrected chi connectivity index (χ4v) is 1.78. The topological polar surface area (TPSA) is 46.6 Å². The van der Waals surface area contributed by atoms with Crippen LogP contribution in [0.15, 0.2) is 24.3 Å². The second kappa shape index (κ2) is 9.33. The molecule has 4 nitrogen and oxygen atoms in total. The van der Waals surface area contributed by atoms with E-state index in [4.69, 9.17) is 4.74 Å². The first-order valence-corrected chi connectivity index (χ1v) is 8.94. The molecule has 0 saturated heterocycles. The molecule has 0 aliphatic rings. The Balaban J connectivity index is 4.49. The zero-order valence-electron chi connectivity index (χ0n) is 17.6. The van der Waals surface area contributed by atoms with Crippen LogP contribution >= 0.6 is 0 Å². The summed E-state index contributed by atoms with van der Waals surface area (Å²) >= 11 is 0. The number of likely N-dealkylation sites (N-methyl/N-ethyl adjacent to an activating group) is 1. The molecule has 0 N–H and O–H groups in total. The van der Waals surface area contributed by atoms with Gasteiger partial charge in [-0.15, -0.1) is 0 Å². The molecule has 0 fully saturated rings. The van der Waals surface area contributed by atoms with Gasteiger partial charge in [-0.3, -0.25) is 4.79 Å². The van der Waals surface area contributed by atoms with Crippen LogP contribution in [0.1, 0.15) is 61.3 Å². The molecule has 0 bridgehead atoms. The molecule has 0 heterocycles. The third kappa shape index (κ3) is 9.01. The summed E-state index contributed by atoms with van der Waals surface area (Å²) in [6.45, 7) is 14.6. The molecule has 0 radical (unpaired) electrons. The number of esters is 1. The normalized spacial score (nSPS) is 13.8. The van der Waals surface area contributed by atoms with Gasteiger partial charge in [0.15, 0.2) is 5.78 Å². The first kappa shape index (κ1) is 23.6. The van der Waals surface area contributed by atoms with E-state index in [0.29, 0.717) is 12.8 Å². The molecule has 0 aliphatic carbocycles. The Hall–Kier alpha value is -1.42. The smallest absolute Gasteiger partial charge is 0.330 e. The van der Waals surface area contributed by atoms with Gasteiger partial charge >= 0.3 is 5.97 Å². The highest BCUT2D eigenvalue weighted by Gasteiger charge is 2.36. The molecule has 0 spiro atoms. The number of carbonyl (C=O) groups is 2. The van der Waals surface area contributed by atoms with E-state index in [-0.39, 0.29) is 17.2 Å². The van der Waals surface area contributed by atoms with Crippen LogP contribution in [-0.4, -0.2) is 42.9 Å². The summed E-state index contributed by atoms with van der Waals surface area (Å²) in [6.07, 6.45) is 8.14. The summed E-state index contributed by atoms with van der Waals surface area (Å²) in [4.78, 5) is 26.2. The molecule has 0 amide bonds. The minimum atomic E-state index is -0.541. The second-order valence-corrected chi connectivity index (χ2v) is 9.04. The molecular weight excluding hydrogens is 314 g/mol. The lowest BCUT2D eigenvalue weighted by Gasteiger charge is -2.37. The largest absolute Gasteiger partial charge is 0.456 e. The van der Waals surface area contributed by atoms with Gasteiger partial charge in [-0.05, 0) is 46.9 Å². The number of carbonyl (C=O) groups excluding carboxylic acids is 2. The van der Waals surface area contributed by atoms with Crippen molar-refractivity contribution in [2.45, 2.75) is 66.9 Å². The van der Waals surface area contributed by atoms with Gasteiger partial charge in [0.25, 0.3) is 0 Å². The van der Waals surface area contributed by atoms with Gasteiger partial charge in [-0.25, -0.2) is 4.79 Å². The molecule has 4 heteroatoms. The molecule has 0 unspecified atom stereocenters. The van der Waals surface area contributed by atoms with Crippen LogP contribution in [0.5, 0.6) is 0 Å². The number of ether oxygens (including phenoxy) is 1. The molecule has 0 aromatic heterocycles. The van der Waals surface area contributed by atoms with Crippen LogP contribution in [0, 0.1) is 10.8 Å². The lowest BCUT2D eigenvalue weighted by atomic mass is 9.79. The van der Waals surface area contributed by atoms with Gasteiger partial charge in [-0.1, -0.05) is 46.8 Å². The van der Waals surface area contributed by atoms with Crippen molar-refractivity contribution in [3.63, 3.8) is 0 Å². The maximum absolute atomic E-state index is 12.3. The van der Waals surface area contributed by atoms with E-state index in [1.54, 1.807) is 12.2 Å². The van der Waals surface area contributed by atoms with Crippen LogP contribution in [0.2, 0.25) is 0 Å². The number of hydrogen-bond acceptors (Lipinski definition) is 4. The lowest BCUT2D eigenvalue weighted by Crippen LogP contribution is -2.40. The molecule has 144 valence electrons. The van der Waals surface area contributed by atoms with Crippen LogP contribution in [0.4, 0.5) is 0 Å². The van der Waals surface area contributed by atoms with Crippen molar-refractivity contribution in [2.24, 2.45) is 10.8 Å². The SMILES string of the molecule is CN(C)C/C=C/C(=O)C(C)(C)CC/C=C/C(=O)OC(C)(C)C(C)(C)C. The summed E-state index contributed by atoms with van der Waals surface area (Å²) in [6, 6.07) is 0. The summed E-state index contributed by atoms with van der Waals surface area (Å²) in [7, 11) is 3.93. The summed E-state index contributed by atoms with van der Waals surface area (Å²) in [5.41, 5.74) is -1.12. The zero-order chi connectivity index (χ0) is 19.9. The third-order valence-corrected chi connectivity index (χ3v) is 4.76. The Kier molecular flexibility index (Phi) is 8.80. The van der Waals surface area contributed by atoms with Crippen molar-refractivity contribution in [1.29, 1.82) is 0 Å². The van der Waals surface area contributed by atoms with Crippen molar-refractivity contribution in [3.8, 4) is 0 Å². The van der Waals surface area contributed by atoms with Gasteiger partial charge in [-0.2, -0.15) is 0 Å². The molecule has 25 heavy (non-hydrogen) atoms. The number of ketones is 1.